The summed E-state index contributed by atoms with van der Waals surface area (Å²) in [5, 5.41) is 11.5. The zero-order chi connectivity index (χ0) is 16.3. The molecule has 2 N–H and O–H groups in total. The normalized spacial score (nSPS) is 21.0. The molecule has 6 heteroatoms. The van der Waals surface area contributed by atoms with Gasteiger partial charge in [-0.15, -0.1) is 6.58 Å². The number of amides is 1. The minimum atomic E-state index is -1.12. The number of rotatable bonds is 7. The van der Waals surface area contributed by atoms with Crippen molar-refractivity contribution in [3.8, 4) is 0 Å². The molecule has 0 bridgehead atoms. The lowest BCUT2D eigenvalue weighted by molar-refractivity contribution is -0.142. The van der Waals surface area contributed by atoms with Crippen LogP contribution in [-0.2, 0) is 9.59 Å². The van der Waals surface area contributed by atoms with Crippen molar-refractivity contribution < 1.29 is 23.5 Å². The second-order valence-corrected chi connectivity index (χ2v) is 5.36. The maximum Gasteiger partial charge on any atom is 0.326 e. The Hall–Kier alpha value is -2.24. The van der Waals surface area contributed by atoms with Crippen molar-refractivity contribution in [1.29, 1.82) is 0 Å². The van der Waals surface area contributed by atoms with Gasteiger partial charge < -0.3 is 10.4 Å². The third-order valence-electron chi connectivity index (χ3n) is 3.78. The molecule has 1 fully saturated rings. The summed E-state index contributed by atoms with van der Waals surface area (Å²) in [6.07, 6.45) is 2.67. The van der Waals surface area contributed by atoms with Gasteiger partial charge in [-0.25, -0.2) is 13.6 Å². The molecule has 0 heterocycles. The van der Waals surface area contributed by atoms with E-state index < -0.39 is 41.4 Å². The molecule has 22 heavy (non-hydrogen) atoms. The van der Waals surface area contributed by atoms with Crippen molar-refractivity contribution in [1.82, 2.24) is 5.32 Å². The van der Waals surface area contributed by atoms with Crippen molar-refractivity contribution in [2.24, 2.45) is 5.92 Å². The lowest BCUT2D eigenvalue weighted by Gasteiger charge is -2.13. The Balaban J connectivity index is 1.99. The van der Waals surface area contributed by atoms with E-state index in [1.54, 1.807) is 6.08 Å². The summed E-state index contributed by atoms with van der Waals surface area (Å²) in [7, 11) is 0. The average Bonchev–Trinajstić information content (AvgIpc) is 3.26. The van der Waals surface area contributed by atoms with Crippen molar-refractivity contribution in [2.75, 3.05) is 0 Å². The van der Waals surface area contributed by atoms with E-state index in [9.17, 15) is 18.4 Å². The van der Waals surface area contributed by atoms with Gasteiger partial charge in [-0.1, -0.05) is 18.2 Å². The number of carboxylic acids is 1. The summed E-state index contributed by atoms with van der Waals surface area (Å²) in [4.78, 5) is 23.1. The average molecular weight is 309 g/mol. The van der Waals surface area contributed by atoms with Crippen molar-refractivity contribution in [3.63, 3.8) is 0 Å². The van der Waals surface area contributed by atoms with Crippen molar-refractivity contribution in [2.45, 2.75) is 31.2 Å². The number of carbonyl (C=O) groups is 2. The maximum atomic E-state index is 13.7. The Morgan fingerprint density at radius 3 is 2.82 bits per heavy atom. The van der Waals surface area contributed by atoms with Gasteiger partial charge in [0, 0.05) is 5.92 Å². The lowest BCUT2D eigenvalue weighted by atomic mass is 10.1. The van der Waals surface area contributed by atoms with Crippen LogP contribution in [0.4, 0.5) is 8.78 Å². The molecule has 1 saturated carbocycles. The number of carbonyl (C=O) groups excluding carboxylic acids is 1. The first-order valence-electron chi connectivity index (χ1n) is 7.03. The summed E-state index contributed by atoms with van der Waals surface area (Å²) in [5.41, 5.74) is 0.165. The quantitative estimate of drug-likeness (QED) is 0.761. The molecule has 1 aromatic rings. The van der Waals surface area contributed by atoms with Crippen molar-refractivity contribution in [3.05, 3.63) is 48.1 Å². The zero-order valence-corrected chi connectivity index (χ0v) is 11.9. The topological polar surface area (TPSA) is 66.4 Å². The SMILES string of the molecule is C=CCCC(NC(=O)C1CC1c1cccc(F)c1F)C(=O)O. The molecule has 1 aliphatic rings. The smallest absolute Gasteiger partial charge is 0.326 e. The van der Waals surface area contributed by atoms with Crippen LogP contribution < -0.4 is 5.32 Å². The number of hydrogen-bond acceptors (Lipinski definition) is 2. The molecular weight excluding hydrogens is 292 g/mol. The van der Waals surface area contributed by atoms with E-state index in [4.69, 9.17) is 5.11 Å². The molecule has 0 aliphatic heterocycles. The van der Waals surface area contributed by atoms with Crippen LogP contribution in [0.2, 0.25) is 0 Å². The minimum absolute atomic E-state index is 0.165. The molecule has 3 atom stereocenters. The fourth-order valence-electron chi connectivity index (χ4n) is 2.46. The van der Waals surface area contributed by atoms with Crippen LogP contribution in [0.5, 0.6) is 0 Å². The summed E-state index contributed by atoms with van der Waals surface area (Å²) in [6.45, 7) is 3.51. The van der Waals surface area contributed by atoms with Crippen LogP contribution in [0.25, 0.3) is 0 Å². The molecule has 0 spiro atoms. The number of aliphatic carboxylic acids is 1. The van der Waals surface area contributed by atoms with Gasteiger partial charge in [-0.05, 0) is 36.8 Å². The van der Waals surface area contributed by atoms with Crippen LogP contribution in [0.3, 0.4) is 0 Å². The Kier molecular flexibility index (Phi) is 4.90. The number of carboxylic acid groups (broad SMARTS) is 1. The summed E-state index contributed by atoms with van der Waals surface area (Å²) >= 11 is 0. The van der Waals surface area contributed by atoms with E-state index in [-0.39, 0.29) is 12.0 Å². The summed E-state index contributed by atoms with van der Waals surface area (Å²) in [5.74, 6) is -4.36. The molecule has 0 aromatic heterocycles. The highest BCUT2D eigenvalue weighted by atomic mass is 19.2. The number of halogens is 2. The van der Waals surface area contributed by atoms with Gasteiger partial charge in [0.25, 0.3) is 0 Å². The zero-order valence-electron chi connectivity index (χ0n) is 11.9. The molecule has 0 radical (unpaired) electrons. The van der Waals surface area contributed by atoms with E-state index in [1.807, 2.05) is 0 Å². The summed E-state index contributed by atoms with van der Waals surface area (Å²) < 4.78 is 26.9. The van der Waals surface area contributed by atoms with E-state index in [2.05, 4.69) is 11.9 Å². The Morgan fingerprint density at radius 2 is 2.18 bits per heavy atom. The number of allylic oxidation sites excluding steroid dienone is 1. The van der Waals surface area contributed by atoms with Gasteiger partial charge in [0.1, 0.15) is 6.04 Å². The van der Waals surface area contributed by atoms with Crippen molar-refractivity contribution >= 4 is 11.9 Å². The number of benzene rings is 1. The first-order valence-corrected chi connectivity index (χ1v) is 7.03. The number of nitrogens with one attached hydrogen (secondary N) is 1. The first-order chi connectivity index (χ1) is 10.5. The largest absolute Gasteiger partial charge is 0.480 e. The van der Waals surface area contributed by atoms with Crippen LogP contribution >= 0.6 is 0 Å². The van der Waals surface area contributed by atoms with E-state index in [0.29, 0.717) is 12.8 Å². The molecule has 118 valence electrons. The van der Waals surface area contributed by atoms with E-state index in [0.717, 1.165) is 6.07 Å². The van der Waals surface area contributed by atoms with Crippen LogP contribution in [0.1, 0.15) is 30.7 Å². The third kappa shape index (κ3) is 3.50. The highest BCUT2D eigenvalue weighted by Gasteiger charge is 2.46. The molecule has 1 aliphatic carbocycles. The highest BCUT2D eigenvalue weighted by Crippen LogP contribution is 2.48. The Morgan fingerprint density at radius 1 is 1.45 bits per heavy atom. The lowest BCUT2D eigenvalue weighted by Crippen LogP contribution is -2.41. The molecule has 4 nitrogen and oxygen atoms in total. The molecule has 1 amide bonds. The second kappa shape index (κ2) is 6.68. The maximum absolute atomic E-state index is 13.7. The number of hydrogen-bond donors (Lipinski definition) is 2. The molecule has 0 saturated heterocycles. The minimum Gasteiger partial charge on any atom is -0.480 e. The van der Waals surface area contributed by atoms with Crippen LogP contribution in [0, 0.1) is 17.6 Å². The predicted octanol–water partition coefficient (Wildman–Crippen LogP) is 2.60. The van der Waals surface area contributed by atoms with Gasteiger partial charge in [-0.2, -0.15) is 0 Å². The van der Waals surface area contributed by atoms with Crippen LogP contribution in [0.15, 0.2) is 30.9 Å². The predicted molar refractivity (Wildman–Crippen MR) is 76.2 cm³/mol. The first kappa shape index (κ1) is 16.1. The molecule has 2 rings (SSSR count). The molecule has 1 aromatic carbocycles. The summed E-state index contributed by atoms with van der Waals surface area (Å²) in [6, 6.07) is 2.86. The fourth-order valence-corrected chi connectivity index (χ4v) is 2.46. The van der Waals surface area contributed by atoms with Gasteiger partial charge in [0.05, 0.1) is 0 Å². The van der Waals surface area contributed by atoms with Gasteiger partial charge in [-0.3, -0.25) is 4.79 Å². The van der Waals surface area contributed by atoms with Gasteiger partial charge in [0.2, 0.25) is 5.91 Å². The monoisotopic (exact) mass is 309 g/mol. The highest BCUT2D eigenvalue weighted by molar-refractivity contribution is 5.87. The second-order valence-electron chi connectivity index (χ2n) is 5.36. The Bertz CT molecular complexity index is 603. The van der Waals surface area contributed by atoms with Gasteiger partial charge >= 0.3 is 5.97 Å². The van der Waals surface area contributed by atoms with Gasteiger partial charge in [0.15, 0.2) is 11.6 Å². The van der Waals surface area contributed by atoms with E-state index in [1.165, 1.54) is 12.1 Å². The fraction of sp³-hybridized carbons (Fsp3) is 0.375. The molecular formula is C16H17F2NO3. The van der Waals surface area contributed by atoms with E-state index >= 15 is 0 Å². The Labute approximate surface area is 126 Å². The third-order valence-corrected chi connectivity index (χ3v) is 3.78. The molecule has 3 unspecified atom stereocenters. The van der Waals surface area contributed by atoms with Crippen LogP contribution in [-0.4, -0.2) is 23.0 Å². The standard InChI is InChI=1S/C16H17F2NO3/c1-2-3-7-13(16(21)22)19-15(20)11-8-10(11)9-5-4-6-12(17)14(9)18/h2,4-6,10-11,13H,1,3,7-8H2,(H,19,20)(H,21,22).